The first-order valence-corrected chi connectivity index (χ1v) is 7.95. The third-order valence-corrected chi connectivity index (χ3v) is 3.82. The molecule has 2 N–H and O–H groups in total. The molecule has 0 aliphatic rings. The summed E-state index contributed by atoms with van der Waals surface area (Å²) in [6.07, 6.45) is 0. The zero-order chi connectivity index (χ0) is 18.4. The lowest BCUT2D eigenvalue weighted by Crippen LogP contribution is -2.32. The number of rotatable bonds is 6. The highest BCUT2D eigenvalue weighted by Crippen LogP contribution is 2.27. The van der Waals surface area contributed by atoms with Crippen LogP contribution in [-0.4, -0.2) is 32.6 Å². The topological polar surface area (TPSA) is 76.7 Å². The second-order valence-electron chi connectivity index (χ2n) is 4.92. The fourth-order valence-corrected chi connectivity index (χ4v) is 2.36. The number of carbonyl (C=O) groups is 2. The number of ether oxygens (including phenoxy) is 2. The minimum Gasteiger partial charge on any atom is -0.493 e. The average Bonchev–Trinajstić information content (AvgIpc) is 2.62. The Morgan fingerprint density at radius 2 is 1.72 bits per heavy atom. The van der Waals surface area contributed by atoms with Gasteiger partial charge in [-0.15, -0.1) is 0 Å². The van der Waals surface area contributed by atoms with Crippen molar-refractivity contribution in [3.05, 3.63) is 52.0 Å². The van der Waals surface area contributed by atoms with Crippen LogP contribution in [0.5, 0.6) is 11.5 Å². The number of hydrogen-bond donors (Lipinski definition) is 2. The molecule has 0 unspecified atom stereocenters. The van der Waals surface area contributed by atoms with Gasteiger partial charge in [-0.2, -0.15) is 0 Å². The highest BCUT2D eigenvalue weighted by Gasteiger charge is 2.12. The number of methoxy groups -OCH3 is 2. The van der Waals surface area contributed by atoms with Crippen LogP contribution < -0.4 is 20.1 Å². The molecule has 0 atom stereocenters. The van der Waals surface area contributed by atoms with E-state index < -0.39 is 11.8 Å². The van der Waals surface area contributed by atoms with Gasteiger partial charge in [0, 0.05) is 10.6 Å². The highest BCUT2D eigenvalue weighted by molar-refractivity contribution is 6.35. The summed E-state index contributed by atoms with van der Waals surface area (Å²) in [7, 11) is 2.98. The Hall–Kier alpha value is -2.44. The first kappa shape index (κ1) is 18.9. The van der Waals surface area contributed by atoms with Gasteiger partial charge < -0.3 is 20.1 Å². The molecule has 2 amide bonds. The second kappa shape index (κ2) is 8.60. The summed E-state index contributed by atoms with van der Waals surface area (Å²) in [5.41, 5.74) is 0.714. The van der Waals surface area contributed by atoms with Crippen molar-refractivity contribution in [3.8, 4) is 11.5 Å². The molecule has 0 saturated heterocycles. The van der Waals surface area contributed by atoms with Gasteiger partial charge in [0.05, 0.1) is 31.5 Å². The highest BCUT2D eigenvalue weighted by atomic mass is 35.5. The number of amides is 2. The van der Waals surface area contributed by atoms with E-state index in [1.165, 1.54) is 26.4 Å². The monoisotopic (exact) mass is 382 g/mol. The van der Waals surface area contributed by atoms with Gasteiger partial charge in [-0.1, -0.05) is 23.2 Å². The molecule has 0 fully saturated rings. The molecule has 0 spiro atoms. The van der Waals surface area contributed by atoms with Gasteiger partial charge in [0.25, 0.3) is 5.91 Å². The molecule has 2 aromatic rings. The van der Waals surface area contributed by atoms with Crippen molar-refractivity contribution in [3.63, 3.8) is 0 Å². The van der Waals surface area contributed by atoms with E-state index >= 15 is 0 Å². The fourth-order valence-electron chi connectivity index (χ4n) is 2.03. The summed E-state index contributed by atoms with van der Waals surface area (Å²) in [5, 5.41) is 5.89. The summed E-state index contributed by atoms with van der Waals surface area (Å²) in [4.78, 5) is 24.1. The van der Waals surface area contributed by atoms with Crippen LogP contribution in [0.1, 0.15) is 10.4 Å². The maximum Gasteiger partial charge on any atom is 0.251 e. The van der Waals surface area contributed by atoms with Crippen LogP contribution in [0.4, 0.5) is 5.69 Å². The van der Waals surface area contributed by atoms with Gasteiger partial charge in [-0.05, 0) is 36.4 Å². The molecule has 6 nitrogen and oxygen atoms in total. The third-order valence-electron chi connectivity index (χ3n) is 3.26. The van der Waals surface area contributed by atoms with Crippen molar-refractivity contribution in [2.24, 2.45) is 0 Å². The molecule has 0 aliphatic heterocycles. The predicted molar refractivity (Wildman–Crippen MR) is 97.0 cm³/mol. The fraction of sp³-hybridized carbons (Fsp3) is 0.176. The normalized spacial score (nSPS) is 10.1. The minimum absolute atomic E-state index is 0.226. The van der Waals surface area contributed by atoms with E-state index in [1.54, 1.807) is 24.3 Å². The number of halogens is 2. The number of nitrogens with one attached hydrogen (secondary N) is 2. The average molecular weight is 383 g/mol. The first-order valence-electron chi connectivity index (χ1n) is 7.19. The lowest BCUT2D eigenvalue weighted by molar-refractivity contribution is -0.115. The lowest BCUT2D eigenvalue weighted by Gasteiger charge is -2.11. The lowest BCUT2D eigenvalue weighted by atomic mass is 10.2. The molecule has 0 saturated carbocycles. The summed E-state index contributed by atoms with van der Waals surface area (Å²) in [6.45, 7) is -0.226. The van der Waals surface area contributed by atoms with Gasteiger partial charge in [0.1, 0.15) is 0 Å². The van der Waals surface area contributed by atoms with Crippen LogP contribution in [-0.2, 0) is 4.79 Å². The summed E-state index contributed by atoms with van der Waals surface area (Å²) < 4.78 is 10.3. The number of benzene rings is 2. The van der Waals surface area contributed by atoms with Crippen molar-refractivity contribution in [1.82, 2.24) is 5.32 Å². The molecule has 0 radical (unpaired) electrons. The molecular formula is C17H16Cl2N2O4. The van der Waals surface area contributed by atoms with E-state index in [9.17, 15) is 9.59 Å². The smallest absolute Gasteiger partial charge is 0.251 e. The van der Waals surface area contributed by atoms with E-state index in [4.69, 9.17) is 32.7 Å². The number of anilines is 1. The van der Waals surface area contributed by atoms with Crippen molar-refractivity contribution in [2.45, 2.75) is 0 Å². The van der Waals surface area contributed by atoms with E-state index in [0.29, 0.717) is 32.8 Å². The molecule has 2 aromatic carbocycles. The summed E-state index contributed by atoms with van der Waals surface area (Å²) in [6, 6.07) is 9.42. The van der Waals surface area contributed by atoms with Crippen LogP contribution in [0, 0.1) is 0 Å². The Morgan fingerprint density at radius 3 is 2.40 bits per heavy atom. The maximum absolute atomic E-state index is 12.2. The van der Waals surface area contributed by atoms with E-state index in [1.807, 2.05) is 0 Å². The molecule has 0 heterocycles. The standard InChI is InChI=1S/C17H16Cl2N2O4/c1-24-14-6-3-10(7-15(14)25-2)17(23)20-9-16(22)21-13-8-11(18)4-5-12(13)19/h3-8H,9H2,1-2H3,(H,20,23)(H,21,22). The van der Waals surface area contributed by atoms with Gasteiger partial charge in [-0.3, -0.25) is 9.59 Å². The molecular weight excluding hydrogens is 367 g/mol. The molecule has 8 heteroatoms. The van der Waals surface area contributed by atoms with E-state index in [2.05, 4.69) is 10.6 Å². The van der Waals surface area contributed by atoms with Crippen LogP contribution in [0.2, 0.25) is 10.0 Å². The van der Waals surface area contributed by atoms with Crippen molar-refractivity contribution in [2.75, 3.05) is 26.1 Å². The predicted octanol–water partition coefficient (Wildman–Crippen LogP) is 3.38. The van der Waals surface area contributed by atoms with E-state index in [0.717, 1.165) is 0 Å². The van der Waals surface area contributed by atoms with Gasteiger partial charge in [-0.25, -0.2) is 0 Å². The van der Waals surface area contributed by atoms with Crippen LogP contribution >= 0.6 is 23.2 Å². The van der Waals surface area contributed by atoms with Gasteiger partial charge in [0.2, 0.25) is 5.91 Å². The molecule has 0 bridgehead atoms. The maximum atomic E-state index is 12.2. The Balaban J connectivity index is 1.97. The SMILES string of the molecule is COc1ccc(C(=O)NCC(=O)Nc2cc(Cl)ccc2Cl)cc1OC. The minimum atomic E-state index is -0.432. The zero-order valence-corrected chi connectivity index (χ0v) is 15.1. The molecule has 2 rings (SSSR count). The van der Waals surface area contributed by atoms with Crippen LogP contribution in [0.15, 0.2) is 36.4 Å². The largest absolute Gasteiger partial charge is 0.493 e. The molecule has 132 valence electrons. The number of carbonyl (C=O) groups excluding carboxylic acids is 2. The van der Waals surface area contributed by atoms with Crippen molar-refractivity contribution in [1.29, 1.82) is 0 Å². The number of hydrogen-bond acceptors (Lipinski definition) is 4. The molecule has 25 heavy (non-hydrogen) atoms. The van der Waals surface area contributed by atoms with Crippen LogP contribution in [0.25, 0.3) is 0 Å². The Labute approximate surface area is 155 Å². The van der Waals surface area contributed by atoms with Crippen molar-refractivity contribution >= 4 is 40.7 Å². The second-order valence-corrected chi connectivity index (χ2v) is 5.77. The van der Waals surface area contributed by atoms with Crippen LogP contribution in [0.3, 0.4) is 0 Å². The summed E-state index contributed by atoms with van der Waals surface area (Å²) >= 11 is 11.8. The Kier molecular flexibility index (Phi) is 6.50. The zero-order valence-electron chi connectivity index (χ0n) is 13.6. The molecule has 0 aliphatic carbocycles. The summed E-state index contributed by atoms with van der Waals surface area (Å²) in [5.74, 6) is 0.0731. The Bertz CT molecular complexity index is 796. The van der Waals surface area contributed by atoms with Gasteiger partial charge >= 0.3 is 0 Å². The van der Waals surface area contributed by atoms with Crippen molar-refractivity contribution < 1.29 is 19.1 Å². The first-order chi connectivity index (χ1) is 11.9. The van der Waals surface area contributed by atoms with E-state index in [-0.39, 0.29) is 6.54 Å². The Morgan fingerprint density at radius 1 is 1.00 bits per heavy atom. The van der Waals surface area contributed by atoms with Gasteiger partial charge in [0.15, 0.2) is 11.5 Å². The molecule has 0 aromatic heterocycles. The quantitative estimate of drug-likeness (QED) is 0.802. The third kappa shape index (κ3) is 5.01.